The maximum Gasteiger partial charge on any atom is 0.407 e. The number of carbonyl (C=O) groups excluding carboxylic acids is 8. The Balaban J connectivity index is 1.92. The van der Waals surface area contributed by atoms with Crippen LogP contribution >= 0.6 is 0 Å². The van der Waals surface area contributed by atoms with Gasteiger partial charge in [0, 0.05) is 36.7 Å². The highest BCUT2D eigenvalue weighted by Gasteiger charge is 2.37. The van der Waals surface area contributed by atoms with Crippen LogP contribution in [-0.4, -0.2) is 135 Å². The summed E-state index contributed by atoms with van der Waals surface area (Å²) in [7, 11) is 2.50. The van der Waals surface area contributed by atoms with Gasteiger partial charge in [0.05, 0.1) is 32.7 Å². The van der Waals surface area contributed by atoms with Crippen molar-refractivity contribution in [2.75, 3.05) is 47.0 Å². The number of methoxy groups -OCH3 is 1. The first-order valence-electron chi connectivity index (χ1n) is 25.1. The van der Waals surface area contributed by atoms with Crippen LogP contribution in [-0.2, 0) is 51.0 Å². The van der Waals surface area contributed by atoms with Gasteiger partial charge < -0.3 is 65.2 Å². The molecule has 4 atom stereocenters. The van der Waals surface area contributed by atoms with Crippen LogP contribution in [0.3, 0.4) is 0 Å². The van der Waals surface area contributed by atoms with E-state index in [1.54, 1.807) is 112 Å². The number of ether oxygens (including phenoxy) is 6. The number of nitrogens with one attached hydrogen (secondary N) is 6. The lowest BCUT2D eigenvalue weighted by Gasteiger charge is -2.33. The van der Waals surface area contributed by atoms with E-state index in [1.165, 1.54) is 26.1 Å². The number of amides is 7. The number of esters is 1. The van der Waals surface area contributed by atoms with E-state index in [0.717, 1.165) is 17.6 Å². The van der Waals surface area contributed by atoms with Crippen molar-refractivity contribution in [3.63, 3.8) is 0 Å². The van der Waals surface area contributed by atoms with Crippen molar-refractivity contribution in [2.24, 2.45) is 0 Å². The molecule has 1 heterocycles. The molecule has 0 radical (unpaired) electrons. The average molecular weight is 1070 g/mol. The minimum Gasteiger partial charge on any atom is -0.491 e. The fourth-order valence-corrected chi connectivity index (χ4v) is 7.80. The third-order valence-corrected chi connectivity index (χ3v) is 11.2. The first-order chi connectivity index (χ1) is 36.0. The molecule has 22 heteroatoms. The van der Waals surface area contributed by atoms with Gasteiger partial charge in [-0.3, -0.25) is 19.2 Å². The second-order valence-corrected chi connectivity index (χ2v) is 21.2. The Morgan fingerprint density at radius 3 is 1.79 bits per heavy atom. The normalized spacial score (nSPS) is 16.0. The monoisotopic (exact) mass is 1070 g/mol. The Bertz CT molecular complexity index is 2680. The molecule has 0 aliphatic carbocycles. The van der Waals surface area contributed by atoms with E-state index in [4.69, 9.17) is 28.4 Å². The van der Waals surface area contributed by atoms with E-state index in [2.05, 4.69) is 38.0 Å². The highest BCUT2D eigenvalue weighted by Crippen LogP contribution is 2.40. The lowest BCUT2D eigenvalue weighted by molar-refractivity contribution is -0.145. The third-order valence-electron chi connectivity index (χ3n) is 11.2. The van der Waals surface area contributed by atoms with Crippen LogP contribution in [0.2, 0.25) is 0 Å². The van der Waals surface area contributed by atoms with Crippen LogP contribution in [0.25, 0.3) is 11.1 Å². The van der Waals surface area contributed by atoms with Gasteiger partial charge >= 0.3 is 24.2 Å². The molecule has 22 nitrogen and oxygen atoms in total. The van der Waals surface area contributed by atoms with Gasteiger partial charge in [-0.1, -0.05) is 29.8 Å². The van der Waals surface area contributed by atoms with Crippen LogP contribution in [0.5, 0.6) is 11.5 Å². The molecule has 3 aromatic carbocycles. The Kier molecular flexibility index (Phi) is 21.6. The van der Waals surface area contributed by atoms with E-state index >= 15 is 4.79 Å². The number of nitrogens with zero attached hydrogens (tertiary/aromatic N) is 2. The molecule has 0 unspecified atom stereocenters. The first-order valence-corrected chi connectivity index (χ1v) is 25.1. The standard InChI is InChI=1S/C55H74N8O14/c1-32-14-17-37(35(28-32)20-22-56)46(65)61-40(21-23-57-50(69)75-53(3,4)5)48(67)63(12)44-36-16-19-43(74-27-25-59-52(71)77-55(9,10)11)39(31-36)38-29-34(15-18-42(38)73-26-24-58-51(70)76-54(6,7)8)30-41(49(68)72-13)62-45(64)33(2)60-47(44)66/h14-19,28-29,31,33,40-41,44H,20-21,23-27,30H2,1-13H3,(H,57,69)(H,58,70)(H,59,71)(H,60,66)(H,61,65)(H,62,64)/t33-,40-,41-,44-/m0/s1. The molecule has 6 N–H and O–H groups in total. The van der Waals surface area contributed by atoms with Crippen molar-refractivity contribution in [3.8, 4) is 28.7 Å². The average Bonchev–Trinajstić information content (AvgIpc) is 3.31. The number of nitriles is 1. The summed E-state index contributed by atoms with van der Waals surface area (Å²) in [6, 6.07) is 11.1. The van der Waals surface area contributed by atoms with Crippen LogP contribution in [0.4, 0.5) is 14.4 Å². The Morgan fingerprint density at radius 2 is 1.26 bits per heavy atom. The SMILES string of the molecule is COC(=O)[C@@H]1Cc2ccc(OCCNC(=O)OC(C)(C)C)c(c2)-c2cc(ccc2OCCNC(=O)OC(C)(C)C)[C@H](N(C)C(=O)[C@H](CCNC(=O)OC(C)(C)C)NC(=O)c2ccc(C)cc2CC#N)C(=O)N[C@@H](C)C(=O)N1. The number of hydrogen-bond acceptors (Lipinski definition) is 15. The zero-order valence-electron chi connectivity index (χ0n) is 46.3. The number of alkyl carbamates (subject to hydrolysis) is 3. The number of carbonyl (C=O) groups is 8. The van der Waals surface area contributed by atoms with Gasteiger partial charge in [0.25, 0.3) is 5.91 Å². The summed E-state index contributed by atoms with van der Waals surface area (Å²) < 4.78 is 33.9. The summed E-state index contributed by atoms with van der Waals surface area (Å²) in [5.74, 6) is -3.47. The molecule has 3 aromatic rings. The molecule has 0 saturated heterocycles. The third kappa shape index (κ3) is 19.5. The zero-order valence-corrected chi connectivity index (χ0v) is 46.3. The highest BCUT2D eigenvalue weighted by molar-refractivity contribution is 6.00. The van der Waals surface area contributed by atoms with Gasteiger partial charge in [0.1, 0.15) is 65.7 Å². The maximum atomic E-state index is 15.1. The summed E-state index contributed by atoms with van der Waals surface area (Å²) in [6.45, 7) is 18.2. The van der Waals surface area contributed by atoms with Crippen LogP contribution in [0, 0.1) is 18.3 Å². The van der Waals surface area contributed by atoms with Crippen LogP contribution in [0.15, 0.2) is 54.6 Å². The molecular formula is C55H74N8O14. The predicted molar refractivity (Wildman–Crippen MR) is 283 cm³/mol. The molecule has 1 aliphatic heterocycles. The van der Waals surface area contributed by atoms with E-state index in [9.17, 15) is 38.8 Å². The molecule has 0 fully saturated rings. The molecule has 0 spiro atoms. The molecule has 418 valence electrons. The summed E-state index contributed by atoms with van der Waals surface area (Å²) >= 11 is 0. The number of hydrogen-bond donors (Lipinski definition) is 6. The number of benzene rings is 3. The first kappa shape index (κ1) is 61.5. The summed E-state index contributed by atoms with van der Waals surface area (Å²) in [5.41, 5.74) is 0.278. The second kappa shape index (κ2) is 27.1. The van der Waals surface area contributed by atoms with Gasteiger partial charge in [0.15, 0.2) is 0 Å². The van der Waals surface area contributed by atoms with Crippen molar-refractivity contribution in [1.29, 1.82) is 5.26 Å². The molecule has 77 heavy (non-hydrogen) atoms. The van der Waals surface area contributed by atoms with Gasteiger partial charge in [-0.25, -0.2) is 19.2 Å². The van der Waals surface area contributed by atoms with Crippen LogP contribution < -0.4 is 41.4 Å². The van der Waals surface area contributed by atoms with Gasteiger partial charge in [-0.05, 0) is 130 Å². The van der Waals surface area contributed by atoms with E-state index < -0.39 is 88.8 Å². The molecule has 0 aromatic heterocycles. The molecule has 4 bridgehead atoms. The Hall–Kier alpha value is -8.09. The minimum atomic E-state index is -1.57. The highest BCUT2D eigenvalue weighted by atomic mass is 16.6. The fraction of sp³-hybridized carbons (Fsp3) is 0.509. The molecule has 7 amide bonds. The maximum absolute atomic E-state index is 15.1. The van der Waals surface area contributed by atoms with E-state index in [-0.39, 0.29) is 74.7 Å². The zero-order chi connectivity index (χ0) is 57.4. The van der Waals surface area contributed by atoms with Crippen molar-refractivity contribution >= 4 is 47.9 Å². The number of likely N-dealkylation sites (N-methyl/N-ethyl adjacent to an activating group) is 1. The lowest BCUT2D eigenvalue weighted by atomic mass is 9.93. The van der Waals surface area contributed by atoms with Gasteiger partial charge in [0.2, 0.25) is 17.7 Å². The molecular weight excluding hydrogens is 997 g/mol. The molecule has 4 rings (SSSR count). The van der Waals surface area contributed by atoms with Gasteiger partial charge in [-0.15, -0.1) is 0 Å². The summed E-state index contributed by atoms with van der Waals surface area (Å²) in [4.78, 5) is 110. The van der Waals surface area contributed by atoms with Gasteiger partial charge in [-0.2, -0.15) is 5.26 Å². The lowest BCUT2D eigenvalue weighted by Crippen LogP contribution is -2.55. The largest absolute Gasteiger partial charge is 0.491 e. The minimum absolute atomic E-state index is 0.00695. The van der Waals surface area contributed by atoms with E-state index in [0.29, 0.717) is 22.3 Å². The van der Waals surface area contributed by atoms with E-state index in [1.807, 2.05) is 0 Å². The smallest absolute Gasteiger partial charge is 0.407 e. The van der Waals surface area contributed by atoms with Crippen molar-refractivity contribution in [3.05, 3.63) is 82.4 Å². The topological polar surface area (TPSA) is 291 Å². The summed E-state index contributed by atoms with van der Waals surface area (Å²) in [5, 5.41) is 25.7. The quantitative estimate of drug-likeness (QED) is 0.0555. The molecule has 1 aliphatic rings. The Labute approximate surface area is 449 Å². The number of aryl methyl sites for hydroxylation is 1. The predicted octanol–water partition coefficient (Wildman–Crippen LogP) is 5.47. The second-order valence-electron chi connectivity index (χ2n) is 21.2. The number of fused-ring (bicyclic) bond motifs is 5. The number of rotatable bonds is 17. The van der Waals surface area contributed by atoms with Crippen molar-refractivity contribution < 1.29 is 66.8 Å². The summed E-state index contributed by atoms with van der Waals surface area (Å²) in [6.07, 6.45) is -2.54. The molecule has 0 saturated carbocycles. The fourth-order valence-electron chi connectivity index (χ4n) is 7.80. The Morgan fingerprint density at radius 1 is 0.727 bits per heavy atom. The van der Waals surface area contributed by atoms with Crippen molar-refractivity contribution in [2.45, 2.75) is 136 Å². The van der Waals surface area contributed by atoms with Crippen molar-refractivity contribution in [1.82, 2.24) is 36.8 Å². The van der Waals surface area contributed by atoms with Crippen LogP contribution in [0.1, 0.15) is 114 Å².